The number of nitrogens with zero attached hydrogens (tertiary/aromatic N) is 1. The summed E-state index contributed by atoms with van der Waals surface area (Å²) < 4.78 is 26.7. The molecule has 2 rings (SSSR count). The standard InChI is InChI=1S/C13H21N3O2S/c1-11-7-15-6-4-13(11)9-16-19(17,18)10-12-3-2-5-14-8-12/h4,6-7,12,14,16H,2-3,5,8-10H2,1H3. The number of aryl methyl sites for hydroxylation is 1. The first-order valence-electron chi connectivity index (χ1n) is 6.64. The zero-order valence-electron chi connectivity index (χ0n) is 11.2. The minimum absolute atomic E-state index is 0.212. The highest BCUT2D eigenvalue weighted by Gasteiger charge is 2.20. The van der Waals surface area contributed by atoms with Crippen molar-refractivity contribution in [3.8, 4) is 0 Å². The molecule has 19 heavy (non-hydrogen) atoms. The lowest BCUT2D eigenvalue weighted by atomic mass is 10.0. The molecule has 0 spiro atoms. The molecule has 1 aromatic rings. The van der Waals surface area contributed by atoms with Gasteiger partial charge in [0.25, 0.3) is 0 Å². The molecule has 0 bridgehead atoms. The molecular formula is C13H21N3O2S. The average molecular weight is 283 g/mol. The first-order valence-corrected chi connectivity index (χ1v) is 8.29. The number of aromatic nitrogens is 1. The van der Waals surface area contributed by atoms with Crippen LogP contribution in [0, 0.1) is 12.8 Å². The molecule has 1 unspecified atom stereocenters. The average Bonchev–Trinajstić information content (AvgIpc) is 2.38. The van der Waals surface area contributed by atoms with Gasteiger partial charge in [0.05, 0.1) is 5.75 Å². The van der Waals surface area contributed by atoms with E-state index < -0.39 is 10.0 Å². The topological polar surface area (TPSA) is 71.1 Å². The summed E-state index contributed by atoms with van der Waals surface area (Å²) in [6.07, 6.45) is 5.47. The van der Waals surface area contributed by atoms with Gasteiger partial charge in [0.2, 0.25) is 10.0 Å². The van der Waals surface area contributed by atoms with Gasteiger partial charge in [0.15, 0.2) is 0 Å². The van der Waals surface area contributed by atoms with Crippen LogP contribution in [-0.2, 0) is 16.6 Å². The molecule has 2 N–H and O–H groups in total. The Morgan fingerprint density at radius 1 is 1.53 bits per heavy atom. The normalized spacial score (nSPS) is 20.4. The van der Waals surface area contributed by atoms with E-state index in [-0.39, 0.29) is 11.7 Å². The number of piperidine rings is 1. The highest BCUT2D eigenvalue weighted by molar-refractivity contribution is 7.89. The first kappa shape index (κ1) is 14.4. The fraction of sp³-hybridized carbons (Fsp3) is 0.615. The summed E-state index contributed by atoms with van der Waals surface area (Å²) in [6.45, 7) is 4.08. The van der Waals surface area contributed by atoms with Gasteiger partial charge >= 0.3 is 0 Å². The van der Waals surface area contributed by atoms with E-state index in [9.17, 15) is 8.42 Å². The van der Waals surface area contributed by atoms with Gasteiger partial charge in [-0.1, -0.05) is 0 Å². The van der Waals surface area contributed by atoms with E-state index in [0.717, 1.165) is 37.1 Å². The maximum Gasteiger partial charge on any atom is 0.212 e. The van der Waals surface area contributed by atoms with Gasteiger partial charge in [-0.05, 0) is 56.0 Å². The predicted octanol–water partition coefficient (Wildman–Crippen LogP) is 0.809. The number of pyridine rings is 1. The molecule has 1 aliphatic rings. The molecule has 106 valence electrons. The molecule has 0 saturated carbocycles. The van der Waals surface area contributed by atoms with Crippen molar-refractivity contribution in [3.63, 3.8) is 0 Å². The summed E-state index contributed by atoms with van der Waals surface area (Å²) in [7, 11) is -3.21. The summed E-state index contributed by atoms with van der Waals surface area (Å²) in [6, 6.07) is 1.85. The number of rotatable bonds is 5. The number of nitrogens with one attached hydrogen (secondary N) is 2. The van der Waals surface area contributed by atoms with E-state index in [1.807, 2.05) is 13.0 Å². The number of sulfonamides is 1. The van der Waals surface area contributed by atoms with Gasteiger partial charge in [-0.25, -0.2) is 13.1 Å². The van der Waals surface area contributed by atoms with Crippen molar-refractivity contribution in [3.05, 3.63) is 29.6 Å². The summed E-state index contributed by atoms with van der Waals surface area (Å²) in [4.78, 5) is 4.00. The lowest BCUT2D eigenvalue weighted by Gasteiger charge is -2.22. The van der Waals surface area contributed by atoms with Crippen molar-refractivity contribution in [1.29, 1.82) is 0 Å². The summed E-state index contributed by atoms with van der Waals surface area (Å²) in [5.41, 5.74) is 1.98. The Hall–Kier alpha value is -0.980. The second kappa shape index (κ2) is 6.45. The molecule has 0 amide bonds. The predicted molar refractivity (Wildman–Crippen MR) is 75.2 cm³/mol. The maximum atomic E-state index is 12.0. The monoisotopic (exact) mass is 283 g/mol. The van der Waals surface area contributed by atoms with Gasteiger partial charge < -0.3 is 5.32 Å². The second-order valence-corrected chi connectivity index (χ2v) is 6.97. The fourth-order valence-corrected chi connectivity index (χ4v) is 3.72. The first-order chi connectivity index (χ1) is 9.07. The van der Waals surface area contributed by atoms with Crippen LogP contribution in [0.4, 0.5) is 0 Å². The number of hydrogen-bond acceptors (Lipinski definition) is 4. The zero-order chi connectivity index (χ0) is 13.7. The lowest BCUT2D eigenvalue weighted by molar-refractivity contribution is 0.402. The largest absolute Gasteiger partial charge is 0.316 e. The van der Waals surface area contributed by atoms with Crippen LogP contribution < -0.4 is 10.0 Å². The van der Waals surface area contributed by atoms with Crippen LogP contribution in [0.1, 0.15) is 24.0 Å². The van der Waals surface area contributed by atoms with Crippen molar-refractivity contribution >= 4 is 10.0 Å². The minimum atomic E-state index is -3.21. The molecule has 1 aromatic heterocycles. The number of hydrogen-bond donors (Lipinski definition) is 2. The third kappa shape index (κ3) is 4.56. The molecular weight excluding hydrogens is 262 g/mol. The van der Waals surface area contributed by atoms with Crippen LogP contribution >= 0.6 is 0 Å². The van der Waals surface area contributed by atoms with E-state index >= 15 is 0 Å². The lowest BCUT2D eigenvalue weighted by Crippen LogP contribution is -2.37. The summed E-state index contributed by atoms with van der Waals surface area (Å²) in [5.74, 6) is 0.439. The van der Waals surface area contributed by atoms with Crippen LogP contribution in [0.25, 0.3) is 0 Å². The molecule has 1 aliphatic heterocycles. The second-order valence-electron chi connectivity index (χ2n) is 5.12. The maximum absolute atomic E-state index is 12.0. The molecule has 1 atom stereocenters. The smallest absolute Gasteiger partial charge is 0.212 e. The highest BCUT2D eigenvalue weighted by atomic mass is 32.2. The van der Waals surface area contributed by atoms with E-state index in [2.05, 4.69) is 15.0 Å². The van der Waals surface area contributed by atoms with Gasteiger partial charge in [-0.15, -0.1) is 0 Å². The Morgan fingerprint density at radius 3 is 3.05 bits per heavy atom. The van der Waals surface area contributed by atoms with Crippen molar-refractivity contribution in [2.45, 2.75) is 26.3 Å². The van der Waals surface area contributed by atoms with Crippen LogP contribution in [0.5, 0.6) is 0 Å². The molecule has 0 radical (unpaired) electrons. The summed E-state index contributed by atoms with van der Waals surface area (Å²) in [5, 5.41) is 3.24. The van der Waals surface area contributed by atoms with Gasteiger partial charge in [0.1, 0.15) is 0 Å². The molecule has 0 aliphatic carbocycles. The van der Waals surface area contributed by atoms with Gasteiger partial charge in [-0.3, -0.25) is 4.98 Å². The third-order valence-electron chi connectivity index (χ3n) is 3.47. The Labute approximate surface area is 114 Å². The quantitative estimate of drug-likeness (QED) is 0.839. The van der Waals surface area contributed by atoms with Crippen molar-refractivity contribution in [2.75, 3.05) is 18.8 Å². The van der Waals surface area contributed by atoms with Gasteiger partial charge in [-0.2, -0.15) is 0 Å². The van der Waals surface area contributed by atoms with Gasteiger partial charge in [0, 0.05) is 18.9 Å². The minimum Gasteiger partial charge on any atom is -0.316 e. The Kier molecular flexibility index (Phi) is 4.90. The summed E-state index contributed by atoms with van der Waals surface area (Å²) >= 11 is 0. The molecule has 1 fully saturated rings. The Balaban J connectivity index is 1.88. The van der Waals surface area contributed by atoms with Crippen LogP contribution in [0.3, 0.4) is 0 Å². The SMILES string of the molecule is Cc1cnccc1CNS(=O)(=O)CC1CCCNC1. The van der Waals surface area contributed by atoms with E-state index in [4.69, 9.17) is 0 Å². The van der Waals surface area contributed by atoms with Crippen LogP contribution in [0.2, 0.25) is 0 Å². The Bertz CT molecular complexity index is 510. The zero-order valence-corrected chi connectivity index (χ0v) is 12.0. The fourth-order valence-electron chi connectivity index (χ4n) is 2.32. The molecule has 0 aromatic carbocycles. The van der Waals surface area contributed by atoms with E-state index in [1.54, 1.807) is 12.4 Å². The molecule has 2 heterocycles. The van der Waals surface area contributed by atoms with E-state index in [0.29, 0.717) is 6.54 Å². The van der Waals surface area contributed by atoms with E-state index in [1.165, 1.54) is 0 Å². The van der Waals surface area contributed by atoms with Crippen LogP contribution in [0.15, 0.2) is 18.5 Å². The Morgan fingerprint density at radius 2 is 2.37 bits per heavy atom. The van der Waals surface area contributed by atoms with Crippen molar-refractivity contribution in [1.82, 2.24) is 15.0 Å². The third-order valence-corrected chi connectivity index (χ3v) is 4.97. The highest BCUT2D eigenvalue weighted by Crippen LogP contribution is 2.12. The molecule has 5 nitrogen and oxygen atoms in total. The molecule has 1 saturated heterocycles. The van der Waals surface area contributed by atoms with Crippen molar-refractivity contribution < 1.29 is 8.42 Å². The van der Waals surface area contributed by atoms with Crippen molar-refractivity contribution in [2.24, 2.45) is 5.92 Å². The van der Waals surface area contributed by atoms with Crippen LogP contribution in [-0.4, -0.2) is 32.2 Å². The molecule has 6 heteroatoms.